The fourth-order valence-electron chi connectivity index (χ4n) is 3.58. The van der Waals surface area contributed by atoms with Gasteiger partial charge >= 0.3 is 6.18 Å². The second-order valence-corrected chi connectivity index (χ2v) is 7.46. The number of alkyl halides is 3. The van der Waals surface area contributed by atoms with E-state index in [-0.39, 0.29) is 0 Å². The summed E-state index contributed by atoms with van der Waals surface area (Å²) < 4.78 is 45.9. The van der Waals surface area contributed by atoms with Gasteiger partial charge in [-0.05, 0) is 12.5 Å². The molecule has 1 aromatic carbocycles. The first kappa shape index (κ1) is 21.0. The van der Waals surface area contributed by atoms with Crippen LogP contribution in [0.5, 0.6) is 0 Å². The Balaban J connectivity index is 1.38. The lowest BCUT2D eigenvalue weighted by Gasteiger charge is -2.33. The van der Waals surface area contributed by atoms with Crippen LogP contribution in [0, 0.1) is 6.92 Å². The highest BCUT2D eigenvalue weighted by molar-refractivity contribution is 5.95. The number of halogens is 3. The molecule has 1 aliphatic heterocycles. The van der Waals surface area contributed by atoms with Gasteiger partial charge in [-0.15, -0.1) is 0 Å². The molecule has 31 heavy (non-hydrogen) atoms. The third-order valence-corrected chi connectivity index (χ3v) is 5.20. The summed E-state index contributed by atoms with van der Waals surface area (Å²) in [4.78, 5) is 20.5. The van der Waals surface area contributed by atoms with Crippen molar-refractivity contribution in [2.24, 2.45) is 7.05 Å². The first-order valence-corrected chi connectivity index (χ1v) is 9.73. The fraction of sp³-hybridized carbons (Fsp3) is 0.400. The number of benzene rings is 1. The molecule has 0 aliphatic carbocycles. The largest absolute Gasteiger partial charge is 0.435 e. The minimum Gasteiger partial charge on any atom is -0.338 e. The molecule has 0 spiro atoms. The average molecular weight is 434 g/mol. The van der Waals surface area contributed by atoms with Gasteiger partial charge in [0, 0.05) is 45.0 Å². The summed E-state index contributed by atoms with van der Waals surface area (Å²) in [7, 11) is 1.36. The highest BCUT2D eigenvalue weighted by Gasteiger charge is 2.40. The molecule has 1 aliphatic rings. The van der Waals surface area contributed by atoms with Crippen molar-refractivity contribution >= 4 is 5.91 Å². The molecule has 1 amide bonds. The van der Waals surface area contributed by atoms with E-state index >= 15 is 0 Å². The van der Waals surface area contributed by atoms with Gasteiger partial charge in [0.05, 0.1) is 12.1 Å². The first-order valence-electron chi connectivity index (χ1n) is 9.73. The summed E-state index contributed by atoms with van der Waals surface area (Å²) in [5.74, 6) is 0.294. The number of piperazine rings is 1. The van der Waals surface area contributed by atoms with Crippen molar-refractivity contribution in [3.8, 4) is 11.4 Å². The van der Waals surface area contributed by atoms with E-state index in [0.29, 0.717) is 44.4 Å². The van der Waals surface area contributed by atoms with Crippen molar-refractivity contribution in [3.63, 3.8) is 0 Å². The zero-order valence-electron chi connectivity index (χ0n) is 17.1. The molecule has 0 unspecified atom stereocenters. The van der Waals surface area contributed by atoms with Crippen molar-refractivity contribution in [3.05, 3.63) is 53.2 Å². The van der Waals surface area contributed by atoms with Crippen molar-refractivity contribution < 1.29 is 22.5 Å². The molecular weight excluding hydrogens is 413 g/mol. The molecule has 3 heterocycles. The van der Waals surface area contributed by atoms with Gasteiger partial charge in [0.1, 0.15) is 0 Å². The Bertz CT molecular complexity index is 1080. The summed E-state index contributed by atoms with van der Waals surface area (Å²) in [5.41, 5.74) is 0.348. The van der Waals surface area contributed by atoms with E-state index < -0.39 is 23.3 Å². The number of hydrogen-bond donors (Lipinski definition) is 0. The summed E-state index contributed by atoms with van der Waals surface area (Å²) in [6, 6.07) is 7.72. The van der Waals surface area contributed by atoms with E-state index in [1.165, 1.54) is 11.9 Å². The quantitative estimate of drug-likeness (QED) is 0.628. The predicted molar refractivity (Wildman–Crippen MR) is 104 cm³/mol. The zero-order chi connectivity index (χ0) is 22.2. The summed E-state index contributed by atoms with van der Waals surface area (Å²) in [6.07, 6.45) is -3.57. The van der Waals surface area contributed by atoms with Crippen LogP contribution in [-0.2, 0) is 19.8 Å². The van der Waals surface area contributed by atoms with Crippen molar-refractivity contribution in [1.82, 2.24) is 29.7 Å². The van der Waals surface area contributed by atoms with Crippen LogP contribution >= 0.6 is 0 Å². The smallest absolute Gasteiger partial charge is 0.338 e. The highest BCUT2D eigenvalue weighted by atomic mass is 19.4. The Kier molecular flexibility index (Phi) is 5.52. The normalized spacial score (nSPS) is 15.5. The Morgan fingerprint density at radius 2 is 1.87 bits per heavy atom. The van der Waals surface area contributed by atoms with Gasteiger partial charge < -0.3 is 9.42 Å². The maximum absolute atomic E-state index is 13.2. The average Bonchev–Trinajstić information content (AvgIpc) is 3.35. The van der Waals surface area contributed by atoms with Gasteiger partial charge in [0.15, 0.2) is 5.69 Å². The summed E-state index contributed by atoms with van der Waals surface area (Å²) in [6.45, 7) is 3.92. The van der Waals surface area contributed by atoms with E-state index in [1.807, 2.05) is 36.1 Å². The molecule has 0 radical (unpaired) electrons. The number of nitrogens with zero attached hydrogens (tertiary/aromatic N) is 6. The highest BCUT2D eigenvalue weighted by Crippen LogP contribution is 2.31. The van der Waals surface area contributed by atoms with Gasteiger partial charge in [-0.2, -0.15) is 23.3 Å². The monoisotopic (exact) mass is 434 g/mol. The van der Waals surface area contributed by atoms with E-state index in [1.54, 1.807) is 0 Å². The van der Waals surface area contributed by atoms with Gasteiger partial charge in [0.25, 0.3) is 5.91 Å². The SMILES string of the molecule is Cc1ccccc1-c1noc(CN2CCN(C(=O)c3cn(C)nc3C(F)(F)F)CC2)n1. The number of carbonyl (C=O) groups is 1. The third-order valence-electron chi connectivity index (χ3n) is 5.20. The van der Waals surface area contributed by atoms with Crippen LogP contribution in [0.25, 0.3) is 11.4 Å². The molecule has 1 fully saturated rings. The van der Waals surface area contributed by atoms with Gasteiger partial charge in [-0.1, -0.05) is 29.4 Å². The maximum Gasteiger partial charge on any atom is 0.435 e. The first-order chi connectivity index (χ1) is 14.7. The molecule has 0 bridgehead atoms. The molecule has 1 saturated heterocycles. The fourth-order valence-corrected chi connectivity index (χ4v) is 3.58. The van der Waals surface area contributed by atoms with Crippen LogP contribution in [0.4, 0.5) is 13.2 Å². The molecule has 11 heteroatoms. The van der Waals surface area contributed by atoms with Crippen LogP contribution in [0.1, 0.15) is 27.5 Å². The number of carbonyl (C=O) groups excluding carboxylic acids is 1. The number of aryl methyl sites for hydroxylation is 2. The second kappa shape index (κ2) is 8.14. The molecule has 0 saturated carbocycles. The second-order valence-electron chi connectivity index (χ2n) is 7.46. The Labute approximate surface area is 176 Å². The minimum atomic E-state index is -4.68. The Hall–Kier alpha value is -3.21. The topological polar surface area (TPSA) is 80.3 Å². The van der Waals surface area contributed by atoms with Gasteiger partial charge in [-0.25, -0.2) is 0 Å². The van der Waals surface area contributed by atoms with Crippen LogP contribution in [0.15, 0.2) is 35.0 Å². The molecule has 2 aromatic heterocycles. The summed E-state index contributed by atoms with van der Waals surface area (Å²) in [5, 5.41) is 7.45. The zero-order valence-corrected chi connectivity index (χ0v) is 17.1. The Morgan fingerprint density at radius 1 is 1.16 bits per heavy atom. The minimum absolute atomic E-state index is 0.295. The lowest BCUT2D eigenvalue weighted by molar-refractivity contribution is -0.141. The van der Waals surface area contributed by atoms with Crippen LogP contribution in [-0.4, -0.2) is 61.8 Å². The third kappa shape index (κ3) is 4.46. The van der Waals surface area contributed by atoms with Crippen molar-refractivity contribution in [2.45, 2.75) is 19.6 Å². The predicted octanol–water partition coefficient (Wildman–Crippen LogP) is 2.76. The molecule has 8 nitrogen and oxygen atoms in total. The van der Waals surface area contributed by atoms with Gasteiger partial charge in [0.2, 0.25) is 11.7 Å². The summed E-state index contributed by atoms with van der Waals surface area (Å²) >= 11 is 0. The van der Waals surface area contributed by atoms with E-state index in [9.17, 15) is 18.0 Å². The lowest BCUT2D eigenvalue weighted by Crippen LogP contribution is -2.48. The number of aromatic nitrogens is 4. The van der Waals surface area contributed by atoms with E-state index in [4.69, 9.17) is 4.52 Å². The van der Waals surface area contributed by atoms with Crippen molar-refractivity contribution in [1.29, 1.82) is 0 Å². The number of hydrogen-bond acceptors (Lipinski definition) is 6. The maximum atomic E-state index is 13.2. The molecular formula is C20H21F3N6O2. The standard InChI is InChI=1S/C20H21F3N6O2/c1-13-5-3-4-6-14(13)18-24-16(31-26-18)12-28-7-9-29(10-8-28)19(30)15-11-27(2)25-17(15)20(21,22)23/h3-6,11H,7-10,12H2,1-2H3. The van der Waals surface area contributed by atoms with Crippen LogP contribution in [0.3, 0.4) is 0 Å². The molecule has 4 rings (SSSR count). The Morgan fingerprint density at radius 3 is 2.55 bits per heavy atom. The van der Waals surface area contributed by atoms with E-state index in [2.05, 4.69) is 15.2 Å². The molecule has 3 aromatic rings. The molecule has 0 atom stereocenters. The van der Waals surface area contributed by atoms with E-state index in [0.717, 1.165) is 22.0 Å². The lowest BCUT2D eigenvalue weighted by atomic mass is 10.1. The number of amides is 1. The van der Waals surface area contributed by atoms with Crippen LogP contribution in [0.2, 0.25) is 0 Å². The molecule has 164 valence electrons. The van der Waals surface area contributed by atoms with Gasteiger partial charge in [-0.3, -0.25) is 14.4 Å². The molecule has 0 N–H and O–H groups in total. The number of rotatable bonds is 4. The van der Waals surface area contributed by atoms with Crippen molar-refractivity contribution in [2.75, 3.05) is 26.2 Å². The van der Waals surface area contributed by atoms with Crippen LogP contribution < -0.4 is 0 Å².